The first-order valence-electron chi connectivity index (χ1n) is 7.46. The molecule has 1 unspecified atom stereocenters. The molecular formula is C15H26N4O. The van der Waals surface area contributed by atoms with Crippen LogP contribution in [0, 0.1) is 5.92 Å². The Bertz CT molecular complexity index is 438. The van der Waals surface area contributed by atoms with E-state index >= 15 is 0 Å². The minimum atomic E-state index is -0.0688. The van der Waals surface area contributed by atoms with Gasteiger partial charge in [-0.05, 0) is 45.3 Å². The molecule has 5 nitrogen and oxygen atoms in total. The molecule has 0 aliphatic heterocycles. The van der Waals surface area contributed by atoms with E-state index in [2.05, 4.69) is 34.3 Å². The van der Waals surface area contributed by atoms with E-state index in [0.29, 0.717) is 17.5 Å². The second-order valence-corrected chi connectivity index (χ2v) is 6.54. The average Bonchev–Trinajstić information content (AvgIpc) is 3.05. The van der Waals surface area contributed by atoms with Crippen LogP contribution in [0.5, 0.6) is 0 Å². The van der Waals surface area contributed by atoms with E-state index in [9.17, 15) is 4.79 Å². The molecule has 1 atom stereocenters. The summed E-state index contributed by atoms with van der Waals surface area (Å²) >= 11 is 0. The van der Waals surface area contributed by atoms with E-state index in [4.69, 9.17) is 0 Å². The zero-order valence-electron chi connectivity index (χ0n) is 12.9. The van der Waals surface area contributed by atoms with Gasteiger partial charge in [-0.15, -0.1) is 0 Å². The lowest BCUT2D eigenvalue weighted by atomic mass is 10.0. The van der Waals surface area contributed by atoms with Crippen LogP contribution >= 0.6 is 0 Å². The van der Waals surface area contributed by atoms with Gasteiger partial charge < -0.3 is 10.2 Å². The van der Waals surface area contributed by atoms with E-state index in [0.717, 1.165) is 18.7 Å². The van der Waals surface area contributed by atoms with Crippen LogP contribution in [0.4, 0.5) is 0 Å². The maximum Gasteiger partial charge on any atom is 0.272 e. The van der Waals surface area contributed by atoms with Crippen molar-refractivity contribution in [1.29, 1.82) is 0 Å². The first-order chi connectivity index (χ1) is 9.45. The van der Waals surface area contributed by atoms with Crippen molar-refractivity contribution in [3.63, 3.8) is 0 Å². The molecule has 20 heavy (non-hydrogen) atoms. The van der Waals surface area contributed by atoms with Gasteiger partial charge in [0.15, 0.2) is 0 Å². The van der Waals surface area contributed by atoms with E-state index in [1.807, 2.05) is 20.2 Å². The van der Waals surface area contributed by atoms with Crippen LogP contribution in [0.2, 0.25) is 0 Å². The largest absolute Gasteiger partial charge is 0.347 e. The molecule has 1 heterocycles. The standard InChI is InChI=1S/C15H26N4O/c1-10(2)7-12(9-19(3)4)16-15(20)14-8-13(17-18-14)11-5-6-11/h8,10-12H,5-7,9H2,1-4H3,(H,16,20)(H,17,18). The molecule has 0 radical (unpaired) electrons. The number of hydrogen-bond acceptors (Lipinski definition) is 3. The van der Waals surface area contributed by atoms with Crippen molar-refractivity contribution in [2.24, 2.45) is 5.92 Å². The molecule has 0 saturated heterocycles. The molecule has 2 rings (SSSR count). The Kier molecular flexibility index (Phi) is 4.81. The molecular weight excluding hydrogens is 252 g/mol. The fourth-order valence-electron chi connectivity index (χ4n) is 2.50. The van der Waals surface area contributed by atoms with E-state index < -0.39 is 0 Å². The van der Waals surface area contributed by atoms with Crippen molar-refractivity contribution < 1.29 is 4.79 Å². The van der Waals surface area contributed by atoms with Crippen LogP contribution in [-0.4, -0.2) is 47.7 Å². The normalized spacial score (nSPS) is 16.7. The summed E-state index contributed by atoms with van der Waals surface area (Å²) in [6, 6.07) is 2.06. The first kappa shape index (κ1) is 15.0. The summed E-state index contributed by atoms with van der Waals surface area (Å²) in [5, 5.41) is 10.2. The van der Waals surface area contributed by atoms with Crippen molar-refractivity contribution in [1.82, 2.24) is 20.4 Å². The molecule has 5 heteroatoms. The predicted octanol–water partition coefficient (Wildman–Crippen LogP) is 1.99. The summed E-state index contributed by atoms with van der Waals surface area (Å²) in [5.74, 6) is 1.08. The summed E-state index contributed by atoms with van der Waals surface area (Å²) in [6.45, 7) is 5.20. The van der Waals surface area contributed by atoms with E-state index in [1.54, 1.807) is 0 Å². The number of nitrogens with one attached hydrogen (secondary N) is 2. The van der Waals surface area contributed by atoms with Gasteiger partial charge in [-0.2, -0.15) is 5.10 Å². The van der Waals surface area contributed by atoms with Crippen LogP contribution in [0.1, 0.15) is 55.2 Å². The maximum atomic E-state index is 12.3. The van der Waals surface area contributed by atoms with Gasteiger partial charge in [0, 0.05) is 24.2 Å². The molecule has 0 aromatic carbocycles. The number of H-pyrrole nitrogens is 1. The summed E-state index contributed by atoms with van der Waals surface area (Å²) in [5.41, 5.74) is 1.61. The minimum absolute atomic E-state index is 0.0688. The Hall–Kier alpha value is -1.36. The molecule has 1 saturated carbocycles. The van der Waals surface area contributed by atoms with Crippen LogP contribution in [-0.2, 0) is 0 Å². The molecule has 1 aliphatic rings. The summed E-state index contributed by atoms with van der Waals surface area (Å²) in [6.07, 6.45) is 3.39. The highest BCUT2D eigenvalue weighted by Crippen LogP contribution is 2.38. The van der Waals surface area contributed by atoms with Gasteiger partial charge in [-0.25, -0.2) is 0 Å². The predicted molar refractivity (Wildman–Crippen MR) is 79.8 cm³/mol. The Labute approximate surface area is 121 Å². The molecule has 1 aromatic heterocycles. The number of amides is 1. The monoisotopic (exact) mass is 278 g/mol. The lowest BCUT2D eigenvalue weighted by Gasteiger charge is -2.23. The fourth-order valence-corrected chi connectivity index (χ4v) is 2.50. The van der Waals surface area contributed by atoms with Gasteiger partial charge in [0.05, 0.1) is 0 Å². The molecule has 112 valence electrons. The summed E-state index contributed by atoms with van der Waals surface area (Å²) in [4.78, 5) is 14.4. The molecule has 0 bridgehead atoms. The fraction of sp³-hybridized carbons (Fsp3) is 0.733. The van der Waals surface area contributed by atoms with Crippen LogP contribution in [0.15, 0.2) is 6.07 Å². The third-order valence-corrected chi connectivity index (χ3v) is 3.52. The SMILES string of the molecule is CC(C)CC(CN(C)C)NC(=O)c1cc(C2CC2)[nH]n1. The highest BCUT2D eigenvalue weighted by atomic mass is 16.2. The van der Waals surface area contributed by atoms with Gasteiger partial charge in [0.2, 0.25) is 0 Å². The van der Waals surface area contributed by atoms with Crippen molar-refractivity contribution in [2.75, 3.05) is 20.6 Å². The number of hydrogen-bond donors (Lipinski definition) is 2. The summed E-state index contributed by atoms with van der Waals surface area (Å²) in [7, 11) is 4.05. The zero-order chi connectivity index (χ0) is 14.7. The van der Waals surface area contributed by atoms with E-state index in [-0.39, 0.29) is 11.9 Å². The number of carbonyl (C=O) groups excluding carboxylic acids is 1. The van der Waals surface area contributed by atoms with Gasteiger partial charge in [-0.1, -0.05) is 13.8 Å². The maximum absolute atomic E-state index is 12.3. The minimum Gasteiger partial charge on any atom is -0.347 e. The second kappa shape index (κ2) is 6.39. The average molecular weight is 278 g/mol. The Morgan fingerprint density at radius 3 is 2.75 bits per heavy atom. The Balaban J connectivity index is 1.94. The zero-order valence-corrected chi connectivity index (χ0v) is 12.9. The molecule has 1 aliphatic carbocycles. The molecule has 2 N–H and O–H groups in total. The number of aromatic amines is 1. The molecule has 1 amide bonds. The summed E-state index contributed by atoms with van der Waals surface area (Å²) < 4.78 is 0. The van der Waals surface area contributed by atoms with Crippen LogP contribution < -0.4 is 5.32 Å². The topological polar surface area (TPSA) is 61.0 Å². The second-order valence-electron chi connectivity index (χ2n) is 6.54. The first-order valence-corrected chi connectivity index (χ1v) is 7.46. The third-order valence-electron chi connectivity index (χ3n) is 3.52. The van der Waals surface area contributed by atoms with Crippen molar-refractivity contribution in [3.8, 4) is 0 Å². The van der Waals surface area contributed by atoms with Gasteiger partial charge in [0.25, 0.3) is 5.91 Å². The van der Waals surface area contributed by atoms with Gasteiger partial charge >= 0.3 is 0 Å². The van der Waals surface area contributed by atoms with Crippen molar-refractivity contribution >= 4 is 5.91 Å². The highest BCUT2D eigenvalue weighted by Gasteiger charge is 2.27. The Morgan fingerprint density at radius 2 is 2.20 bits per heavy atom. The number of carbonyl (C=O) groups is 1. The lowest BCUT2D eigenvalue weighted by molar-refractivity contribution is 0.0919. The number of aromatic nitrogens is 2. The van der Waals surface area contributed by atoms with Crippen molar-refractivity contribution in [3.05, 3.63) is 17.5 Å². The van der Waals surface area contributed by atoms with E-state index in [1.165, 1.54) is 12.8 Å². The number of nitrogens with zero attached hydrogens (tertiary/aromatic N) is 2. The highest BCUT2D eigenvalue weighted by molar-refractivity contribution is 5.92. The van der Waals surface area contributed by atoms with Crippen molar-refractivity contribution in [2.45, 2.75) is 45.1 Å². The van der Waals surface area contributed by atoms with Gasteiger partial charge in [0.1, 0.15) is 5.69 Å². The third kappa shape index (κ3) is 4.34. The molecule has 1 fully saturated rings. The lowest BCUT2D eigenvalue weighted by Crippen LogP contribution is -2.42. The van der Waals surface area contributed by atoms with Crippen LogP contribution in [0.25, 0.3) is 0 Å². The Morgan fingerprint density at radius 1 is 1.50 bits per heavy atom. The quantitative estimate of drug-likeness (QED) is 0.802. The molecule has 1 aromatic rings. The van der Waals surface area contributed by atoms with Crippen LogP contribution in [0.3, 0.4) is 0 Å². The van der Waals surface area contributed by atoms with Gasteiger partial charge in [-0.3, -0.25) is 9.89 Å². The number of rotatable bonds is 7. The molecule has 0 spiro atoms. The smallest absolute Gasteiger partial charge is 0.272 e. The number of likely N-dealkylation sites (N-methyl/N-ethyl adjacent to an activating group) is 1.